The standard InChI is InChI=1S/C17H26N4OS/c1-4-14(2)20-17(19-9-7-15-6-5-12-22-15)21(3)11-8-16-18-10-13-23-16/h5-6,10,12-14H,4,7-9,11H2,1-3H3,(H,19,20). The van der Waals surface area contributed by atoms with Gasteiger partial charge in [-0.05, 0) is 25.5 Å². The number of aliphatic imine (C=N–C) groups is 1. The van der Waals surface area contributed by atoms with E-state index < -0.39 is 0 Å². The molecule has 0 fully saturated rings. The monoisotopic (exact) mass is 334 g/mol. The van der Waals surface area contributed by atoms with Crippen LogP contribution in [-0.2, 0) is 12.8 Å². The second kappa shape index (κ2) is 9.35. The van der Waals surface area contributed by atoms with Gasteiger partial charge in [-0.25, -0.2) is 4.98 Å². The molecule has 0 saturated carbocycles. The van der Waals surface area contributed by atoms with Gasteiger partial charge in [0.2, 0.25) is 0 Å². The molecule has 1 atom stereocenters. The molecule has 2 rings (SSSR count). The number of thiazole rings is 1. The molecule has 23 heavy (non-hydrogen) atoms. The van der Waals surface area contributed by atoms with E-state index >= 15 is 0 Å². The van der Waals surface area contributed by atoms with E-state index in [1.807, 2.05) is 23.7 Å². The Kier molecular flexibility index (Phi) is 7.13. The van der Waals surface area contributed by atoms with Crippen molar-refractivity contribution in [3.63, 3.8) is 0 Å². The van der Waals surface area contributed by atoms with Gasteiger partial charge in [0.1, 0.15) is 5.76 Å². The topological polar surface area (TPSA) is 53.7 Å². The van der Waals surface area contributed by atoms with E-state index in [-0.39, 0.29) is 0 Å². The Morgan fingerprint density at radius 3 is 3.00 bits per heavy atom. The van der Waals surface area contributed by atoms with Gasteiger partial charge in [-0.3, -0.25) is 4.99 Å². The summed E-state index contributed by atoms with van der Waals surface area (Å²) in [5.41, 5.74) is 0. The fraction of sp³-hybridized carbons (Fsp3) is 0.529. The molecule has 0 aliphatic heterocycles. The van der Waals surface area contributed by atoms with Gasteiger partial charge in [0.05, 0.1) is 11.3 Å². The van der Waals surface area contributed by atoms with Crippen LogP contribution < -0.4 is 5.32 Å². The van der Waals surface area contributed by atoms with Crippen LogP contribution >= 0.6 is 11.3 Å². The van der Waals surface area contributed by atoms with E-state index in [0.717, 1.165) is 42.5 Å². The summed E-state index contributed by atoms with van der Waals surface area (Å²) in [5.74, 6) is 1.92. The first kappa shape index (κ1) is 17.5. The molecule has 2 heterocycles. The Hall–Kier alpha value is -1.82. The predicted molar refractivity (Wildman–Crippen MR) is 96.1 cm³/mol. The highest BCUT2D eigenvalue weighted by Gasteiger charge is 2.10. The highest BCUT2D eigenvalue weighted by Crippen LogP contribution is 2.06. The largest absolute Gasteiger partial charge is 0.469 e. The smallest absolute Gasteiger partial charge is 0.193 e. The summed E-state index contributed by atoms with van der Waals surface area (Å²) >= 11 is 1.70. The average Bonchev–Trinajstić information content (AvgIpc) is 3.24. The fourth-order valence-corrected chi connectivity index (χ4v) is 2.68. The number of hydrogen-bond acceptors (Lipinski definition) is 4. The Morgan fingerprint density at radius 2 is 2.35 bits per heavy atom. The van der Waals surface area contributed by atoms with Crippen molar-refractivity contribution in [2.45, 2.75) is 39.2 Å². The predicted octanol–water partition coefficient (Wildman–Crippen LogP) is 3.20. The zero-order chi connectivity index (χ0) is 16.5. The maximum atomic E-state index is 5.36. The molecule has 2 aromatic heterocycles. The molecule has 0 aliphatic rings. The lowest BCUT2D eigenvalue weighted by atomic mass is 10.2. The summed E-state index contributed by atoms with van der Waals surface area (Å²) in [6.07, 6.45) is 6.39. The molecular formula is C17H26N4OS. The van der Waals surface area contributed by atoms with Gasteiger partial charge in [-0.15, -0.1) is 11.3 Å². The summed E-state index contributed by atoms with van der Waals surface area (Å²) in [6, 6.07) is 4.31. The lowest BCUT2D eigenvalue weighted by molar-refractivity contribution is 0.464. The van der Waals surface area contributed by atoms with E-state index in [0.29, 0.717) is 12.6 Å². The summed E-state index contributed by atoms with van der Waals surface area (Å²) in [5, 5.41) is 6.69. The zero-order valence-corrected chi connectivity index (χ0v) is 15.0. The second-order valence-corrected chi connectivity index (χ2v) is 6.56. The van der Waals surface area contributed by atoms with Crippen LogP contribution in [0.4, 0.5) is 0 Å². The van der Waals surface area contributed by atoms with E-state index in [2.05, 4.69) is 36.1 Å². The first-order valence-corrected chi connectivity index (χ1v) is 9.00. The van der Waals surface area contributed by atoms with Crippen molar-refractivity contribution < 1.29 is 4.42 Å². The molecule has 5 nitrogen and oxygen atoms in total. The molecule has 0 spiro atoms. The van der Waals surface area contributed by atoms with Gasteiger partial charge < -0.3 is 14.6 Å². The van der Waals surface area contributed by atoms with Crippen LogP contribution in [0.1, 0.15) is 31.0 Å². The van der Waals surface area contributed by atoms with Crippen LogP contribution in [0.5, 0.6) is 0 Å². The number of furan rings is 1. The third-order valence-corrected chi connectivity index (χ3v) is 4.53. The highest BCUT2D eigenvalue weighted by molar-refractivity contribution is 7.09. The van der Waals surface area contributed by atoms with Crippen molar-refractivity contribution >= 4 is 17.3 Å². The number of rotatable bonds is 8. The summed E-state index contributed by atoms with van der Waals surface area (Å²) in [6.45, 7) is 5.97. The molecule has 1 N–H and O–H groups in total. The molecule has 0 amide bonds. The van der Waals surface area contributed by atoms with E-state index in [1.54, 1.807) is 17.6 Å². The average molecular weight is 334 g/mol. The molecule has 0 aromatic carbocycles. The van der Waals surface area contributed by atoms with Gasteiger partial charge in [-0.1, -0.05) is 6.92 Å². The van der Waals surface area contributed by atoms with Gasteiger partial charge >= 0.3 is 0 Å². The quantitative estimate of drug-likeness (QED) is 0.595. The minimum absolute atomic E-state index is 0.402. The molecule has 1 unspecified atom stereocenters. The molecule has 2 aromatic rings. The highest BCUT2D eigenvalue weighted by atomic mass is 32.1. The molecule has 0 radical (unpaired) electrons. The Bertz CT molecular complexity index is 565. The maximum Gasteiger partial charge on any atom is 0.193 e. The minimum Gasteiger partial charge on any atom is -0.469 e. The lowest BCUT2D eigenvalue weighted by Crippen LogP contribution is -2.44. The third-order valence-electron chi connectivity index (χ3n) is 3.69. The number of hydrogen-bond donors (Lipinski definition) is 1. The number of nitrogens with zero attached hydrogens (tertiary/aromatic N) is 3. The first-order valence-electron chi connectivity index (χ1n) is 8.12. The van der Waals surface area contributed by atoms with Crippen molar-refractivity contribution in [2.24, 2.45) is 4.99 Å². The zero-order valence-electron chi connectivity index (χ0n) is 14.2. The lowest BCUT2D eigenvalue weighted by Gasteiger charge is -2.25. The first-order chi connectivity index (χ1) is 11.2. The van der Waals surface area contributed by atoms with Crippen LogP contribution in [0.3, 0.4) is 0 Å². The van der Waals surface area contributed by atoms with E-state index in [4.69, 9.17) is 9.41 Å². The number of likely N-dealkylation sites (N-methyl/N-ethyl adjacent to an activating group) is 1. The molecule has 126 valence electrons. The van der Waals surface area contributed by atoms with Crippen LogP contribution in [0, 0.1) is 0 Å². The van der Waals surface area contributed by atoms with Crippen LogP contribution in [0.15, 0.2) is 39.4 Å². The van der Waals surface area contributed by atoms with Crippen LogP contribution in [0.2, 0.25) is 0 Å². The van der Waals surface area contributed by atoms with E-state index in [9.17, 15) is 0 Å². The van der Waals surface area contributed by atoms with Crippen molar-refractivity contribution in [3.8, 4) is 0 Å². The van der Waals surface area contributed by atoms with Gasteiger partial charge in [0, 0.05) is 50.6 Å². The van der Waals surface area contributed by atoms with Crippen molar-refractivity contribution in [1.29, 1.82) is 0 Å². The Balaban J connectivity index is 1.91. The Morgan fingerprint density at radius 1 is 1.48 bits per heavy atom. The summed E-state index contributed by atoms with van der Waals surface area (Å²) < 4.78 is 5.36. The van der Waals surface area contributed by atoms with Gasteiger partial charge in [-0.2, -0.15) is 0 Å². The van der Waals surface area contributed by atoms with Crippen molar-refractivity contribution in [1.82, 2.24) is 15.2 Å². The van der Waals surface area contributed by atoms with Crippen molar-refractivity contribution in [3.05, 3.63) is 40.7 Å². The van der Waals surface area contributed by atoms with E-state index in [1.165, 1.54) is 0 Å². The van der Waals surface area contributed by atoms with Gasteiger partial charge in [0.15, 0.2) is 5.96 Å². The van der Waals surface area contributed by atoms with Gasteiger partial charge in [0.25, 0.3) is 0 Å². The molecular weight excluding hydrogens is 308 g/mol. The number of guanidine groups is 1. The van der Waals surface area contributed by atoms with Crippen LogP contribution in [-0.4, -0.2) is 42.0 Å². The van der Waals surface area contributed by atoms with Crippen LogP contribution in [0.25, 0.3) is 0 Å². The SMILES string of the molecule is CCC(C)NC(=NCCc1ccco1)N(C)CCc1nccs1. The third kappa shape index (κ3) is 6.06. The maximum absolute atomic E-state index is 5.36. The molecule has 0 saturated heterocycles. The molecule has 0 aliphatic carbocycles. The second-order valence-electron chi connectivity index (χ2n) is 5.59. The number of aromatic nitrogens is 1. The summed E-state index contributed by atoms with van der Waals surface area (Å²) in [4.78, 5) is 11.3. The fourth-order valence-electron chi connectivity index (χ4n) is 2.07. The summed E-state index contributed by atoms with van der Waals surface area (Å²) in [7, 11) is 2.08. The number of nitrogens with one attached hydrogen (secondary N) is 1. The normalized spacial score (nSPS) is 13.1. The minimum atomic E-state index is 0.402. The molecule has 6 heteroatoms. The Labute approximate surface area is 142 Å². The van der Waals surface area contributed by atoms with Crippen molar-refractivity contribution in [2.75, 3.05) is 20.1 Å². The molecule has 0 bridgehead atoms.